The zero-order valence-corrected chi connectivity index (χ0v) is 35.8. The maximum Gasteiger partial charge on any atom is 2.00 e. The van der Waals surface area contributed by atoms with Gasteiger partial charge < -0.3 is 23.7 Å². The first kappa shape index (κ1) is 40.5. The van der Waals surface area contributed by atoms with E-state index in [2.05, 4.69) is 49.2 Å². The summed E-state index contributed by atoms with van der Waals surface area (Å²) in [7, 11) is -6.58. The molecular formula is C43H34N6O2P2PdPt. The fourth-order valence-corrected chi connectivity index (χ4v) is 11.9. The van der Waals surface area contributed by atoms with E-state index in [4.69, 9.17) is 0 Å². The van der Waals surface area contributed by atoms with E-state index < -0.39 is 14.3 Å². The molecular weight excluding hydrogens is 996 g/mol. The van der Waals surface area contributed by atoms with Crippen molar-refractivity contribution in [3.05, 3.63) is 146 Å². The zero-order chi connectivity index (χ0) is 36.7. The van der Waals surface area contributed by atoms with Gasteiger partial charge >= 0.3 is 41.5 Å². The minimum atomic E-state index is -3.29. The normalized spacial score (nSPS) is 13.6. The van der Waals surface area contributed by atoms with Crippen molar-refractivity contribution in [3.63, 3.8) is 0 Å². The largest absolute Gasteiger partial charge is 2.00 e. The van der Waals surface area contributed by atoms with Crippen molar-refractivity contribution in [2.45, 2.75) is 39.0 Å². The second kappa shape index (κ2) is 16.5. The number of nitrogens with zero attached hydrogens (tertiary/aromatic N) is 6. The molecule has 0 aliphatic heterocycles. The van der Waals surface area contributed by atoms with Crippen molar-refractivity contribution >= 4 is 57.3 Å². The Morgan fingerprint density at radius 2 is 0.964 bits per heavy atom. The van der Waals surface area contributed by atoms with Crippen LogP contribution in [0.25, 0.3) is 50.3 Å². The average molecular weight is 1030 g/mol. The summed E-state index contributed by atoms with van der Waals surface area (Å²) in [4.78, 5) is 22.1. The van der Waals surface area contributed by atoms with Gasteiger partial charge in [0.2, 0.25) is 5.95 Å². The molecule has 0 bridgehead atoms. The number of pyridine rings is 2. The Balaban J connectivity index is 0.00000257. The van der Waals surface area contributed by atoms with Crippen LogP contribution in [0.1, 0.15) is 27.7 Å². The number of fused-ring (bicyclic) bond motifs is 3. The summed E-state index contributed by atoms with van der Waals surface area (Å²) in [6, 6.07) is 44.5. The van der Waals surface area contributed by atoms with Crippen LogP contribution in [0.15, 0.2) is 122 Å². The molecule has 0 fully saturated rings. The third-order valence-electron chi connectivity index (χ3n) is 9.56. The monoisotopic (exact) mass is 1030 g/mol. The molecule has 0 N–H and O–H groups in total. The molecule has 8 nitrogen and oxygen atoms in total. The number of hydrogen-bond acceptors (Lipinski definition) is 7. The van der Waals surface area contributed by atoms with Crippen LogP contribution in [-0.2, 0) is 50.6 Å². The SMILES string of the molecule is CC(C)P(=O)(c1[c-]c(-c2ccccn2)ccc1)c1[c-]c2c(cc1)c1ccc(P(=O)(c3[c-]c(-c4ccccn4)ccc3)C(C)C)[c-]c1n2-c1ncncn1.[Pd+2].[Pt+2]. The minimum Gasteiger partial charge on any atom is -0.328 e. The Labute approximate surface area is 349 Å². The summed E-state index contributed by atoms with van der Waals surface area (Å²) in [6.45, 7) is 7.85. The maximum absolute atomic E-state index is 15.4. The molecule has 0 saturated carbocycles. The van der Waals surface area contributed by atoms with Gasteiger partial charge in [-0.3, -0.25) is 0 Å². The van der Waals surface area contributed by atoms with Crippen LogP contribution in [0.4, 0.5) is 0 Å². The Morgan fingerprint density at radius 3 is 1.36 bits per heavy atom. The quantitative estimate of drug-likeness (QED) is 0.0829. The van der Waals surface area contributed by atoms with Gasteiger partial charge in [-0.2, -0.15) is 35.0 Å². The summed E-state index contributed by atoms with van der Waals surface area (Å²) in [5, 5.41) is 4.01. The van der Waals surface area contributed by atoms with Crippen LogP contribution in [0.3, 0.4) is 0 Å². The van der Waals surface area contributed by atoms with E-state index in [0.29, 0.717) is 38.2 Å². The Bertz CT molecular complexity index is 2550. The van der Waals surface area contributed by atoms with Gasteiger partial charge in [-0.25, -0.2) is 15.0 Å². The molecule has 0 radical (unpaired) electrons. The van der Waals surface area contributed by atoms with Crippen LogP contribution in [0, 0.1) is 24.3 Å². The number of aromatic nitrogens is 6. The van der Waals surface area contributed by atoms with Crippen molar-refractivity contribution in [3.8, 4) is 28.5 Å². The van der Waals surface area contributed by atoms with Crippen LogP contribution in [0.5, 0.6) is 0 Å². The van der Waals surface area contributed by atoms with Gasteiger partial charge in [0.1, 0.15) is 26.9 Å². The second-order valence-electron chi connectivity index (χ2n) is 13.3. The standard InChI is InChI=1S/C43H34N6O2P2.Pd.Pt/c1-29(2)52(50,33-13-9-11-31(23-33)39-15-5-7-21-45-39)35-17-19-37-38-20-18-36(26-42(38)49(41(37)25-35)43-47-27-44-28-48-43)53(51,30(3)4)34-14-10-12-32(24-34)40-16-6-8-22-46-40;;/h5-22,27-30H,1-4H3;;/q-4;2*+2. The summed E-state index contributed by atoms with van der Waals surface area (Å²) in [5.74, 6) is 0.341. The molecule has 4 aromatic carbocycles. The van der Waals surface area contributed by atoms with Gasteiger partial charge in [-0.15, -0.1) is 71.8 Å². The van der Waals surface area contributed by atoms with Crippen molar-refractivity contribution in [1.82, 2.24) is 29.5 Å². The topological polar surface area (TPSA) is 104 Å². The molecule has 0 spiro atoms. The first-order chi connectivity index (χ1) is 25.7. The van der Waals surface area contributed by atoms with Crippen molar-refractivity contribution in [2.24, 2.45) is 0 Å². The third kappa shape index (κ3) is 7.19. The van der Waals surface area contributed by atoms with Gasteiger partial charge in [0, 0.05) is 23.7 Å². The average Bonchev–Trinajstić information content (AvgIpc) is 3.54. The van der Waals surface area contributed by atoms with Crippen molar-refractivity contribution < 1.29 is 50.6 Å². The van der Waals surface area contributed by atoms with Gasteiger partial charge in [-0.1, -0.05) is 84.2 Å². The molecule has 4 heterocycles. The molecule has 2 unspecified atom stereocenters. The summed E-state index contributed by atoms with van der Waals surface area (Å²) < 4.78 is 32.6. The van der Waals surface area contributed by atoms with Gasteiger partial charge in [0.25, 0.3) is 0 Å². The number of rotatable bonds is 9. The van der Waals surface area contributed by atoms with E-state index in [1.165, 1.54) is 12.7 Å². The fraction of sp³-hybridized carbons (Fsp3) is 0.140. The zero-order valence-electron chi connectivity index (χ0n) is 30.2. The Hall–Kier alpha value is -4.20. The molecule has 2 atom stereocenters. The van der Waals surface area contributed by atoms with Gasteiger partial charge in [0.05, 0.1) is 0 Å². The minimum absolute atomic E-state index is 0. The first-order valence-corrected chi connectivity index (χ1v) is 20.9. The molecule has 4 aromatic heterocycles. The molecule has 0 saturated heterocycles. The first-order valence-electron chi connectivity index (χ1n) is 17.3. The van der Waals surface area contributed by atoms with E-state index >= 15 is 9.13 Å². The molecule has 278 valence electrons. The van der Waals surface area contributed by atoms with Gasteiger partial charge in [-0.05, 0) is 23.5 Å². The van der Waals surface area contributed by atoms with E-state index in [9.17, 15) is 0 Å². The van der Waals surface area contributed by atoms with Crippen molar-refractivity contribution in [1.29, 1.82) is 0 Å². The van der Waals surface area contributed by atoms with E-state index in [1.54, 1.807) is 12.4 Å². The molecule has 0 amide bonds. The summed E-state index contributed by atoms with van der Waals surface area (Å²) >= 11 is 0. The maximum atomic E-state index is 15.4. The molecule has 8 rings (SSSR count). The predicted octanol–water partition coefficient (Wildman–Crippen LogP) is 7.73. The van der Waals surface area contributed by atoms with Crippen molar-refractivity contribution in [2.75, 3.05) is 0 Å². The molecule has 0 aliphatic carbocycles. The molecule has 55 heavy (non-hydrogen) atoms. The summed E-state index contributed by atoms with van der Waals surface area (Å²) in [6.07, 6.45) is 6.34. The Morgan fingerprint density at radius 1 is 0.527 bits per heavy atom. The third-order valence-corrected chi connectivity index (χ3v) is 16.4. The van der Waals surface area contributed by atoms with E-state index in [1.807, 2.05) is 129 Å². The van der Waals surface area contributed by atoms with Crippen LogP contribution >= 0.6 is 14.3 Å². The van der Waals surface area contributed by atoms with Crippen LogP contribution in [0.2, 0.25) is 0 Å². The summed E-state index contributed by atoms with van der Waals surface area (Å²) in [5.41, 5.74) is 3.79. The molecule has 12 heteroatoms. The molecule has 0 aliphatic rings. The second-order valence-corrected chi connectivity index (χ2v) is 19.9. The number of benzene rings is 4. The number of hydrogen-bond donors (Lipinski definition) is 0. The van der Waals surface area contributed by atoms with Gasteiger partial charge in [0.15, 0.2) is 0 Å². The molecule has 8 aromatic rings. The van der Waals surface area contributed by atoms with Crippen LogP contribution < -0.4 is 21.2 Å². The van der Waals surface area contributed by atoms with E-state index in [-0.39, 0.29) is 52.8 Å². The van der Waals surface area contributed by atoms with Crippen LogP contribution in [-0.4, -0.2) is 40.8 Å². The smallest absolute Gasteiger partial charge is 0.328 e. The Kier molecular flexibility index (Phi) is 12.1. The predicted molar refractivity (Wildman–Crippen MR) is 213 cm³/mol. The fourth-order valence-electron chi connectivity index (χ4n) is 6.79. The van der Waals surface area contributed by atoms with E-state index in [0.717, 1.165) is 33.3 Å².